The highest BCUT2D eigenvalue weighted by Crippen LogP contribution is 2.24. The molecule has 3 rings (SSSR count). The Morgan fingerprint density at radius 2 is 1.61 bits per heavy atom. The van der Waals surface area contributed by atoms with E-state index in [4.69, 9.17) is 9.47 Å². The van der Waals surface area contributed by atoms with E-state index in [9.17, 15) is 13.2 Å². The van der Waals surface area contributed by atoms with Gasteiger partial charge in [-0.25, -0.2) is 13.2 Å². The first-order valence-electron chi connectivity index (χ1n) is 8.95. The van der Waals surface area contributed by atoms with Crippen LogP contribution < -0.4 is 9.64 Å². The van der Waals surface area contributed by atoms with Crippen molar-refractivity contribution in [2.75, 3.05) is 45.3 Å². The number of sulfonamides is 1. The van der Waals surface area contributed by atoms with Crippen molar-refractivity contribution in [3.63, 3.8) is 0 Å². The van der Waals surface area contributed by atoms with Gasteiger partial charge in [0.25, 0.3) is 0 Å². The van der Waals surface area contributed by atoms with Gasteiger partial charge in [0.1, 0.15) is 5.75 Å². The molecule has 0 N–H and O–H groups in total. The van der Waals surface area contributed by atoms with E-state index in [0.717, 1.165) is 11.4 Å². The molecule has 1 heterocycles. The molecule has 150 valence electrons. The first-order valence-corrected chi connectivity index (χ1v) is 10.4. The lowest BCUT2D eigenvalue weighted by Gasteiger charge is -2.35. The molecule has 28 heavy (non-hydrogen) atoms. The minimum atomic E-state index is -3.68. The molecule has 0 aromatic heterocycles. The zero-order chi connectivity index (χ0) is 20.3. The molecule has 0 amide bonds. The number of aryl methyl sites for hydroxylation is 1. The van der Waals surface area contributed by atoms with E-state index < -0.39 is 16.0 Å². The summed E-state index contributed by atoms with van der Waals surface area (Å²) in [5, 5.41) is 0. The standard InChI is InChI=1S/C20H24N2O5S/c1-15-4-9-18(14-19(15)20(23)27-3)28(24,25)22-12-10-21(11-13-22)16-5-7-17(26-2)8-6-16/h4-9,14H,10-13H2,1-3H3. The largest absolute Gasteiger partial charge is 0.497 e. The number of esters is 1. The predicted molar refractivity (Wildman–Crippen MR) is 106 cm³/mol. The molecule has 0 bridgehead atoms. The van der Waals surface area contributed by atoms with Gasteiger partial charge >= 0.3 is 5.97 Å². The topological polar surface area (TPSA) is 76.2 Å². The Kier molecular flexibility index (Phi) is 5.90. The van der Waals surface area contributed by atoms with E-state index in [0.29, 0.717) is 31.7 Å². The molecule has 1 aliphatic rings. The van der Waals surface area contributed by atoms with E-state index in [1.54, 1.807) is 20.1 Å². The number of carbonyl (C=O) groups excluding carboxylic acids is 1. The van der Waals surface area contributed by atoms with Crippen LogP contribution >= 0.6 is 0 Å². The number of carbonyl (C=O) groups is 1. The number of hydrogen-bond acceptors (Lipinski definition) is 6. The fourth-order valence-electron chi connectivity index (χ4n) is 3.22. The van der Waals surface area contributed by atoms with Gasteiger partial charge in [-0.15, -0.1) is 0 Å². The van der Waals surface area contributed by atoms with Gasteiger partial charge in [0.2, 0.25) is 10.0 Å². The van der Waals surface area contributed by atoms with Crippen LogP contribution in [0.15, 0.2) is 47.4 Å². The first kappa shape index (κ1) is 20.2. The Bertz CT molecular complexity index is 949. The number of rotatable bonds is 5. The van der Waals surface area contributed by atoms with Crippen molar-refractivity contribution < 1.29 is 22.7 Å². The number of benzene rings is 2. The Labute approximate surface area is 165 Å². The summed E-state index contributed by atoms with van der Waals surface area (Å²) < 4.78 is 37.4. The van der Waals surface area contributed by atoms with Gasteiger partial charge in [0, 0.05) is 31.9 Å². The van der Waals surface area contributed by atoms with Crippen molar-refractivity contribution in [2.24, 2.45) is 0 Å². The number of methoxy groups -OCH3 is 2. The lowest BCUT2D eigenvalue weighted by Crippen LogP contribution is -2.48. The third kappa shape index (κ3) is 3.98. The summed E-state index contributed by atoms with van der Waals surface area (Å²) in [5.74, 6) is 0.240. The van der Waals surface area contributed by atoms with Gasteiger partial charge in [0.05, 0.1) is 24.7 Å². The smallest absolute Gasteiger partial charge is 0.338 e. The first-order chi connectivity index (χ1) is 13.4. The quantitative estimate of drug-likeness (QED) is 0.712. The number of hydrogen-bond donors (Lipinski definition) is 0. The molecule has 0 saturated carbocycles. The minimum Gasteiger partial charge on any atom is -0.497 e. The summed E-state index contributed by atoms with van der Waals surface area (Å²) in [4.78, 5) is 14.1. The van der Waals surface area contributed by atoms with Crippen molar-refractivity contribution in [1.29, 1.82) is 0 Å². The molecular weight excluding hydrogens is 380 g/mol. The molecule has 1 aliphatic heterocycles. The Balaban J connectivity index is 1.75. The molecule has 2 aromatic carbocycles. The molecule has 8 heteroatoms. The van der Waals surface area contributed by atoms with Crippen LogP contribution in [-0.2, 0) is 14.8 Å². The summed E-state index contributed by atoms with van der Waals surface area (Å²) in [5.41, 5.74) is 1.97. The van der Waals surface area contributed by atoms with Crippen LogP contribution in [0.5, 0.6) is 5.75 Å². The molecule has 0 unspecified atom stereocenters. The summed E-state index contributed by atoms with van der Waals surface area (Å²) in [6, 6.07) is 12.3. The summed E-state index contributed by atoms with van der Waals surface area (Å²) >= 11 is 0. The van der Waals surface area contributed by atoms with E-state index >= 15 is 0 Å². The molecular formula is C20H24N2O5S. The van der Waals surface area contributed by atoms with Crippen molar-refractivity contribution in [3.8, 4) is 5.75 Å². The van der Waals surface area contributed by atoms with Gasteiger partial charge < -0.3 is 14.4 Å². The average molecular weight is 404 g/mol. The molecule has 0 spiro atoms. The normalized spacial score (nSPS) is 15.3. The maximum Gasteiger partial charge on any atom is 0.338 e. The molecule has 2 aromatic rings. The summed E-state index contributed by atoms with van der Waals surface area (Å²) in [6.45, 7) is 3.66. The summed E-state index contributed by atoms with van der Waals surface area (Å²) in [7, 11) is -0.781. The lowest BCUT2D eigenvalue weighted by molar-refractivity contribution is 0.0599. The van der Waals surface area contributed by atoms with E-state index in [1.165, 1.54) is 23.5 Å². The fourth-order valence-corrected chi connectivity index (χ4v) is 4.67. The monoisotopic (exact) mass is 404 g/mol. The van der Waals surface area contributed by atoms with Gasteiger partial charge in [-0.05, 0) is 48.9 Å². The highest BCUT2D eigenvalue weighted by Gasteiger charge is 2.29. The van der Waals surface area contributed by atoms with Gasteiger partial charge in [-0.3, -0.25) is 0 Å². The molecule has 1 fully saturated rings. The van der Waals surface area contributed by atoms with Crippen LogP contribution in [0.2, 0.25) is 0 Å². The molecule has 0 atom stereocenters. The van der Waals surface area contributed by atoms with Crippen molar-refractivity contribution in [1.82, 2.24) is 4.31 Å². The summed E-state index contributed by atoms with van der Waals surface area (Å²) in [6.07, 6.45) is 0. The van der Waals surface area contributed by atoms with Crippen molar-refractivity contribution in [3.05, 3.63) is 53.6 Å². The van der Waals surface area contributed by atoms with Gasteiger partial charge in [0.15, 0.2) is 0 Å². The van der Waals surface area contributed by atoms with E-state index in [1.807, 2.05) is 24.3 Å². The van der Waals surface area contributed by atoms with Crippen LogP contribution in [0.1, 0.15) is 15.9 Å². The van der Waals surface area contributed by atoms with Crippen molar-refractivity contribution in [2.45, 2.75) is 11.8 Å². The number of anilines is 1. The van der Waals surface area contributed by atoms with E-state index in [2.05, 4.69) is 4.90 Å². The number of piperazine rings is 1. The third-order valence-electron chi connectivity index (χ3n) is 4.93. The van der Waals surface area contributed by atoms with Gasteiger partial charge in [-0.1, -0.05) is 6.07 Å². The number of nitrogens with zero attached hydrogens (tertiary/aromatic N) is 2. The molecule has 7 nitrogen and oxygen atoms in total. The molecule has 0 radical (unpaired) electrons. The Morgan fingerprint density at radius 1 is 0.964 bits per heavy atom. The van der Waals surface area contributed by atoms with Crippen LogP contribution in [-0.4, -0.2) is 59.1 Å². The second kappa shape index (κ2) is 8.20. The highest BCUT2D eigenvalue weighted by atomic mass is 32.2. The Morgan fingerprint density at radius 3 is 2.18 bits per heavy atom. The number of ether oxygens (including phenoxy) is 2. The average Bonchev–Trinajstić information content (AvgIpc) is 2.73. The molecule has 1 saturated heterocycles. The highest BCUT2D eigenvalue weighted by molar-refractivity contribution is 7.89. The third-order valence-corrected chi connectivity index (χ3v) is 6.82. The predicted octanol–water partition coefficient (Wildman–Crippen LogP) is 2.30. The fraction of sp³-hybridized carbons (Fsp3) is 0.350. The van der Waals surface area contributed by atoms with E-state index in [-0.39, 0.29) is 10.5 Å². The second-order valence-electron chi connectivity index (χ2n) is 6.56. The zero-order valence-corrected chi connectivity index (χ0v) is 17.0. The van der Waals surface area contributed by atoms with Crippen molar-refractivity contribution >= 4 is 21.7 Å². The lowest BCUT2D eigenvalue weighted by atomic mass is 10.1. The second-order valence-corrected chi connectivity index (χ2v) is 8.50. The van der Waals surface area contributed by atoms with Gasteiger partial charge in [-0.2, -0.15) is 4.31 Å². The van der Waals surface area contributed by atoms with Crippen LogP contribution in [0.3, 0.4) is 0 Å². The SMILES string of the molecule is COC(=O)c1cc(S(=O)(=O)N2CCN(c3ccc(OC)cc3)CC2)ccc1C. The Hall–Kier alpha value is -2.58. The van der Waals surface area contributed by atoms with Crippen LogP contribution in [0.4, 0.5) is 5.69 Å². The molecule has 0 aliphatic carbocycles. The maximum absolute atomic E-state index is 13.0. The minimum absolute atomic E-state index is 0.108. The maximum atomic E-state index is 13.0. The van der Waals surface area contributed by atoms with Crippen LogP contribution in [0, 0.1) is 6.92 Å². The zero-order valence-electron chi connectivity index (χ0n) is 16.2. The van der Waals surface area contributed by atoms with Crippen LogP contribution in [0.25, 0.3) is 0 Å².